The lowest BCUT2D eigenvalue weighted by molar-refractivity contribution is 0.410. The molecule has 1 unspecified atom stereocenters. The fourth-order valence-corrected chi connectivity index (χ4v) is 2.01. The van der Waals surface area contributed by atoms with Gasteiger partial charge in [-0.2, -0.15) is 0 Å². The number of rotatable bonds is 4. The summed E-state index contributed by atoms with van der Waals surface area (Å²) in [5, 5.41) is 3.20. The highest BCUT2D eigenvalue weighted by atomic mass is 79.9. The maximum Gasteiger partial charge on any atom is 0.132 e. The average molecular weight is 325 g/mol. The SMILES string of the molecule is COc1ccc(C(C)Nc2ccc(Br)nc2)c(F)c1. The molecule has 2 aromatic rings. The summed E-state index contributed by atoms with van der Waals surface area (Å²) in [6.07, 6.45) is 1.70. The number of nitrogens with one attached hydrogen (secondary N) is 1. The van der Waals surface area contributed by atoms with E-state index in [4.69, 9.17) is 4.74 Å². The highest BCUT2D eigenvalue weighted by Crippen LogP contribution is 2.24. The number of methoxy groups -OCH3 is 1. The number of aromatic nitrogens is 1. The molecule has 0 aliphatic rings. The van der Waals surface area contributed by atoms with Gasteiger partial charge in [0.05, 0.1) is 25.0 Å². The fraction of sp³-hybridized carbons (Fsp3) is 0.214. The van der Waals surface area contributed by atoms with Crippen LogP contribution in [0.3, 0.4) is 0 Å². The number of benzene rings is 1. The Labute approximate surface area is 119 Å². The summed E-state index contributed by atoms with van der Waals surface area (Å²) in [4.78, 5) is 4.12. The van der Waals surface area contributed by atoms with Crippen molar-refractivity contribution in [3.8, 4) is 5.75 Å². The Hall–Kier alpha value is -1.62. The maximum atomic E-state index is 13.9. The van der Waals surface area contributed by atoms with E-state index in [1.807, 2.05) is 19.1 Å². The third-order valence-electron chi connectivity index (χ3n) is 2.78. The van der Waals surface area contributed by atoms with Gasteiger partial charge in [-0.15, -0.1) is 0 Å². The van der Waals surface area contributed by atoms with Crippen LogP contribution in [-0.2, 0) is 0 Å². The molecule has 0 saturated heterocycles. The van der Waals surface area contributed by atoms with E-state index >= 15 is 0 Å². The first-order valence-corrected chi connectivity index (χ1v) is 6.61. The van der Waals surface area contributed by atoms with Gasteiger partial charge in [0.25, 0.3) is 0 Å². The van der Waals surface area contributed by atoms with E-state index < -0.39 is 0 Å². The lowest BCUT2D eigenvalue weighted by atomic mass is 10.1. The van der Waals surface area contributed by atoms with Crippen LogP contribution in [0.1, 0.15) is 18.5 Å². The normalized spacial score (nSPS) is 12.0. The summed E-state index contributed by atoms with van der Waals surface area (Å²) < 4.78 is 19.7. The van der Waals surface area contributed by atoms with Crippen LogP contribution in [0.15, 0.2) is 41.1 Å². The summed E-state index contributed by atoms with van der Waals surface area (Å²) in [6, 6.07) is 8.41. The molecule has 1 aromatic heterocycles. The van der Waals surface area contributed by atoms with E-state index in [1.54, 1.807) is 18.3 Å². The van der Waals surface area contributed by atoms with Crippen molar-refractivity contribution in [2.75, 3.05) is 12.4 Å². The molecule has 19 heavy (non-hydrogen) atoms. The second kappa shape index (κ2) is 6.02. The third-order valence-corrected chi connectivity index (χ3v) is 3.25. The highest BCUT2D eigenvalue weighted by molar-refractivity contribution is 9.10. The van der Waals surface area contributed by atoms with Crippen molar-refractivity contribution in [2.45, 2.75) is 13.0 Å². The van der Waals surface area contributed by atoms with Gasteiger partial charge in [0, 0.05) is 11.6 Å². The number of anilines is 1. The molecule has 0 spiro atoms. The highest BCUT2D eigenvalue weighted by Gasteiger charge is 2.11. The quantitative estimate of drug-likeness (QED) is 0.857. The molecule has 5 heteroatoms. The van der Waals surface area contributed by atoms with Gasteiger partial charge in [-0.05, 0) is 41.1 Å². The number of hydrogen-bond acceptors (Lipinski definition) is 3. The van der Waals surface area contributed by atoms with E-state index in [0.29, 0.717) is 11.3 Å². The van der Waals surface area contributed by atoms with Crippen LogP contribution in [-0.4, -0.2) is 12.1 Å². The fourth-order valence-electron chi connectivity index (χ4n) is 1.77. The Morgan fingerprint density at radius 3 is 2.68 bits per heavy atom. The Morgan fingerprint density at radius 1 is 1.32 bits per heavy atom. The van der Waals surface area contributed by atoms with Crippen LogP contribution in [0.5, 0.6) is 5.75 Å². The summed E-state index contributed by atoms with van der Waals surface area (Å²) in [5.74, 6) is 0.225. The Morgan fingerprint density at radius 2 is 2.11 bits per heavy atom. The maximum absolute atomic E-state index is 13.9. The first-order chi connectivity index (χ1) is 9.10. The predicted octanol–water partition coefficient (Wildman–Crippen LogP) is 4.16. The lowest BCUT2D eigenvalue weighted by Crippen LogP contribution is -2.08. The van der Waals surface area contributed by atoms with Gasteiger partial charge in [-0.1, -0.05) is 6.07 Å². The number of hydrogen-bond donors (Lipinski definition) is 1. The van der Waals surface area contributed by atoms with Gasteiger partial charge < -0.3 is 10.1 Å². The first kappa shape index (κ1) is 13.8. The summed E-state index contributed by atoms with van der Waals surface area (Å²) >= 11 is 3.27. The van der Waals surface area contributed by atoms with E-state index in [1.165, 1.54) is 13.2 Å². The Kier molecular flexibility index (Phi) is 4.37. The minimum atomic E-state index is -0.288. The molecule has 0 radical (unpaired) electrons. The predicted molar refractivity (Wildman–Crippen MR) is 76.9 cm³/mol. The topological polar surface area (TPSA) is 34.1 Å². The molecule has 0 bridgehead atoms. The van der Waals surface area contributed by atoms with E-state index in [-0.39, 0.29) is 11.9 Å². The summed E-state index contributed by atoms with van der Waals surface area (Å²) in [6.45, 7) is 1.90. The zero-order chi connectivity index (χ0) is 13.8. The molecular formula is C14H14BrFN2O. The van der Waals surface area contributed by atoms with Gasteiger partial charge in [0.2, 0.25) is 0 Å². The van der Waals surface area contributed by atoms with E-state index in [0.717, 1.165) is 10.3 Å². The molecule has 1 aromatic carbocycles. The zero-order valence-corrected chi connectivity index (χ0v) is 12.2. The lowest BCUT2D eigenvalue weighted by Gasteiger charge is -2.16. The molecule has 3 nitrogen and oxygen atoms in total. The van der Waals surface area contributed by atoms with Crippen LogP contribution >= 0.6 is 15.9 Å². The van der Waals surface area contributed by atoms with Crippen molar-refractivity contribution in [1.29, 1.82) is 0 Å². The van der Waals surface area contributed by atoms with E-state index in [9.17, 15) is 4.39 Å². The smallest absolute Gasteiger partial charge is 0.132 e. The summed E-state index contributed by atoms with van der Waals surface area (Å²) in [5.41, 5.74) is 1.43. The van der Waals surface area contributed by atoms with Crippen molar-refractivity contribution < 1.29 is 9.13 Å². The summed E-state index contributed by atoms with van der Waals surface area (Å²) in [7, 11) is 1.52. The molecule has 0 aliphatic heterocycles. The minimum Gasteiger partial charge on any atom is -0.497 e. The largest absolute Gasteiger partial charge is 0.497 e. The number of pyridine rings is 1. The monoisotopic (exact) mass is 324 g/mol. The van der Waals surface area contributed by atoms with Crippen molar-refractivity contribution in [1.82, 2.24) is 4.98 Å². The van der Waals surface area contributed by atoms with Gasteiger partial charge in [0.15, 0.2) is 0 Å². The first-order valence-electron chi connectivity index (χ1n) is 5.81. The van der Waals surface area contributed by atoms with Crippen molar-refractivity contribution in [2.24, 2.45) is 0 Å². The zero-order valence-electron chi connectivity index (χ0n) is 10.7. The van der Waals surface area contributed by atoms with Gasteiger partial charge in [-0.3, -0.25) is 0 Å². The number of halogens is 2. The molecular weight excluding hydrogens is 311 g/mol. The second-order valence-corrected chi connectivity index (χ2v) is 4.94. The molecule has 0 amide bonds. The Balaban J connectivity index is 2.15. The molecule has 0 saturated carbocycles. The van der Waals surface area contributed by atoms with Crippen molar-refractivity contribution in [3.05, 3.63) is 52.5 Å². The van der Waals surface area contributed by atoms with Crippen LogP contribution in [0.25, 0.3) is 0 Å². The number of ether oxygens (including phenoxy) is 1. The van der Waals surface area contributed by atoms with Crippen molar-refractivity contribution in [3.63, 3.8) is 0 Å². The molecule has 1 atom stereocenters. The van der Waals surface area contributed by atoms with E-state index in [2.05, 4.69) is 26.2 Å². The van der Waals surface area contributed by atoms with Crippen LogP contribution in [0.4, 0.5) is 10.1 Å². The van der Waals surface area contributed by atoms with Gasteiger partial charge in [0.1, 0.15) is 16.2 Å². The molecule has 1 heterocycles. The second-order valence-electron chi connectivity index (χ2n) is 4.12. The standard InChI is InChI=1S/C14H14BrFN2O/c1-9(18-10-3-6-14(15)17-8-10)12-5-4-11(19-2)7-13(12)16/h3-9,18H,1-2H3. The van der Waals surface area contributed by atoms with Crippen LogP contribution in [0.2, 0.25) is 0 Å². The minimum absolute atomic E-state index is 0.158. The van der Waals surface area contributed by atoms with Crippen LogP contribution in [0, 0.1) is 5.82 Å². The molecule has 0 aliphatic carbocycles. The molecule has 0 fully saturated rings. The molecule has 2 rings (SSSR count). The number of nitrogens with zero attached hydrogens (tertiary/aromatic N) is 1. The Bertz CT molecular complexity index is 560. The molecule has 100 valence electrons. The third kappa shape index (κ3) is 3.44. The molecule has 1 N–H and O–H groups in total. The average Bonchev–Trinajstić information content (AvgIpc) is 2.41. The van der Waals surface area contributed by atoms with Crippen molar-refractivity contribution >= 4 is 21.6 Å². The van der Waals surface area contributed by atoms with Gasteiger partial charge >= 0.3 is 0 Å². The van der Waals surface area contributed by atoms with Crippen LogP contribution < -0.4 is 10.1 Å². The van der Waals surface area contributed by atoms with Gasteiger partial charge in [-0.25, -0.2) is 9.37 Å².